The standard InChI is InChI=1S/C22H23F6NO5S2/c1-20(2,36(33,34)15-8-6-7-14(13-15)21(23,24)25)12-5-4-9-17(30)16-10-11-18(22(26,27)28)29-19(16)35(3,31)32/h6-8,10-11,13H,4-5,9,12H2,1-3H3. The minimum atomic E-state index is -4.92. The second-order valence-corrected chi connectivity index (χ2v) is 13.3. The molecule has 0 spiro atoms. The van der Waals surface area contributed by atoms with Crippen LogP contribution in [0.25, 0.3) is 0 Å². The van der Waals surface area contributed by atoms with E-state index in [1.165, 1.54) is 13.8 Å². The first-order valence-electron chi connectivity index (χ1n) is 10.4. The zero-order valence-corrected chi connectivity index (χ0v) is 21.0. The molecule has 0 fully saturated rings. The van der Waals surface area contributed by atoms with Crippen LogP contribution in [0.15, 0.2) is 46.3 Å². The summed E-state index contributed by atoms with van der Waals surface area (Å²) in [5.41, 5.74) is -3.10. The van der Waals surface area contributed by atoms with Crippen LogP contribution in [0.4, 0.5) is 26.3 Å². The van der Waals surface area contributed by atoms with Crippen molar-refractivity contribution in [3.05, 3.63) is 53.2 Å². The minimum Gasteiger partial charge on any atom is -0.294 e. The van der Waals surface area contributed by atoms with Crippen LogP contribution in [-0.2, 0) is 32.0 Å². The molecule has 14 heteroatoms. The average molecular weight is 560 g/mol. The summed E-state index contributed by atoms with van der Waals surface area (Å²) < 4.78 is 126. The molecule has 2 aromatic rings. The summed E-state index contributed by atoms with van der Waals surface area (Å²) in [6.07, 6.45) is -9.23. The van der Waals surface area contributed by atoms with Gasteiger partial charge >= 0.3 is 12.4 Å². The Kier molecular flexibility index (Phi) is 8.36. The molecule has 1 heterocycles. The normalized spacial score (nSPS) is 13.6. The van der Waals surface area contributed by atoms with Crippen LogP contribution in [0.5, 0.6) is 0 Å². The Morgan fingerprint density at radius 1 is 0.889 bits per heavy atom. The number of sulfone groups is 2. The number of hydrogen-bond acceptors (Lipinski definition) is 6. The molecule has 0 radical (unpaired) electrons. The van der Waals surface area contributed by atoms with Gasteiger partial charge in [-0.1, -0.05) is 12.5 Å². The maximum atomic E-state index is 13.0. The lowest BCUT2D eigenvalue weighted by atomic mass is 10.0. The van der Waals surface area contributed by atoms with Crippen molar-refractivity contribution in [3.63, 3.8) is 0 Å². The lowest BCUT2D eigenvalue weighted by molar-refractivity contribution is -0.141. The van der Waals surface area contributed by atoms with Crippen molar-refractivity contribution in [3.8, 4) is 0 Å². The number of aromatic nitrogens is 1. The number of pyridine rings is 1. The van der Waals surface area contributed by atoms with Gasteiger partial charge in [-0.25, -0.2) is 21.8 Å². The first kappa shape index (κ1) is 29.7. The maximum Gasteiger partial charge on any atom is 0.433 e. The van der Waals surface area contributed by atoms with E-state index >= 15 is 0 Å². The summed E-state index contributed by atoms with van der Waals surface area (Å²) in [5.74, 6) is -0.796. The van der Waals surface area contributed by atoms with Crippen LogP contribution in [0.3, 0.4) is 0 Å². The van der Waals surface area contributed by atoms with E-state index in [1.807, 2.05) is 0 Å². The van der Waals surface area contributed by atoms with Gasteiger partial charge in [0.15, 0.2) is 30.5 Å². The summed E-state index contributed by atoms with van der Waals surface area (Å²) in [6.45, 7) is 2.65. The fourth-order valence-corrected chi connectivity index (χ4v) is 5.79. The summed E-state index contributed by atoms with van der Waals surface area (Å²) in [7, 11) is -8.47. The molecule has 0 saturated carbocycles. The van der Waals surface area contributed by atoms with Crippen molar-refractivity contribution < 1.29 is 48.0 Å². The van der Waals surface area contributed by atoms with Crippen LogP contribution in [0.2, 0.25) is 0 Å². The average Bonchev–Trinajstić information content (AvgIpc) is 2.74. The van der Waals surface area contributed by atoms with E-state index in [0.717, 1.165) is 24.3 Å². The van der Waals surface area contributed by atoms with Crippen molar-refractivity contribution in [2.75, 3.05) is 6.26 Å². The summed E-state index contributed by atoms with van der Waals surface area (Å²) in [6, 6.07) is 4.56. The van der Waals surface area contributed by atoms with Crippen molar-refractivity contribution in [1.29, 1.82) is 0 Å². The molecule has 0 unspecified atom stereocenters. The molecular weight excluding hydrogens is 536 g/mol. The summed E-state index contributed by atoms with van der Waals surface area (Å²) >= 11 is 0. The zero-order valence-electron chi connectivity index (χ0n) is 19.4. The van der Waals surface area contributed by atoms with Crippen molar-refractivity contribution in [2.24, 2.45) is 0 Å². The highest BCUT2D eigenvalue weighted by Crippen LogP contribution is 2.35. The van der Waals surface area contributed by atoms with Crippen LogP contribution < -0.4 is 0 Å². The first-order valence-corrected chi connectivity index (χ1v) is 13.8. The molecule has 6 nitrogen and oxygen atoms in total. The number of benzene rings is 1. The van der Waals surface area contributed by atoms with Crippen LogP contribution >= 0.6 is 0 Å². The van der Waals surface area contributed by atoms with Gasteiger partial charge in [0.1, 0.15) is 5.69 Å². The Morgan fingerprint density at radius 3 is 2.03 bits per heavy atom. The number of halogens is 6. The molecule has 0 aliphatic carbocycles. The SMILES string of the molecule is CC(C)(CCCCC(=O)c1ccc(C(F)(F)F)nc1S(C)(=O)=O)S(=O)(=O)c1cccc(C(F)(F)F)c1. The van der Waals surface area contributed by atoms with Gasteiger partial charge in [-0.2, -0.15) is 26.3 Å². The topological polar surface area (TPSA) is 98.2 Å². The van der Waals surface area contributed by atoms with E-state index in [4.69, 9.17) is 0 Å². The Bertz CT molecular complexity index is 1350. The third-order valence-electron chi connectivity index (χ3n) is 5.43. The van der Waals surface area contributed by atoms with Crippen molar-refractivity contribution >= 4 is 25.5 Å². The number of hydrogen-bond donors (Lipinski definition) is 0. The number of nitrogens with zero attached hydrogens (tertiary/aromatic N) is 1. The van der Waals surface area contributed by atoms with Gasteiger partial charge in [0.05, 0.1) is 20.8 Å². The molecule has 0 atom stereocenters. The van der Waals surface area contributed by atoms with Crippen molar-refractivity contribution in [2.45, 2.75) is 66.6 Å². The lowest BCUT2D eigenvalue weighted by Gasteiger charge is -2.25. The number of carbonyl (C=O) groups excluding carboxylic acids is 1. The minimum absolute atomic E-state index is 0.0462. The lowest BCUT2D eigenvalue weighted by Crippen LogP contribution is -2.32. The molecule has 200 valence electrons. The zero-order chi connectivity index (χ0) is 27.7. The second-order valence-electron chi connectivity index (χ2n) is 8.74. The predicted molar refractivity (Wildman–Crippen MR) is 118 cm³/mol. The van der Waals surface area contributed by atoms with Gasteiger partial charge < -0.3 is 0 Å². The quantitative estimate of drug-likeness (QED) is 0.228. The Morgan fingerprint density at radius 2 is 1.50 bits per heavy atom. The highest BCUT2D eigenvalue weighted by Gasteiger charge is 2.38. The van der Waals surface area contributed by atoms with Gasteiger partial charge in [-0.3, -0.25) is 4.79 Å². The fourth-order valence-electron chi connectivity index (χ4n) is 3.36. The molecule has 0 aliphatic heterocycles. The van der Waals surface area contributed by atoms with E-state index in [0.29, 0.717) is 18.4 Å². The smallest absolute Gasteiger partial charge is 0.294 e. The first-order chi connectivity index (χ1) is 16.2. The van der Waals surface area contributed by atoms with Crippen LogP contribution in [-0.4, -0.2) is 38.6 Å². The van der Waals surface area contributed by atoms with Gasteiger partial charge in [0.2, 0.25) is 0 Å². The number of Topliss-reactive ketones (excluding diaryl/α,β-unsaturated/α-hetero) is 1. The second kappa shape index (κ2) is 10.1. The third-order valence-corrected chi connectivity index (χ3v) is 8.98. The number of rotatable bonds is 9. The molecule has 2 rings (SSSR count). The molecule has 1 aromatic carbocycles. The van der Waals surface area contributed by atoms with Crippen molar-refractivity contribution in [1.82, 2.24) is 4.98 Å². The van der Waals surface area contributed by atoms with Gasteiger partial charge in [-0.15, -0.1) is 0 Å². The molecule has 0 amide bonds. The highest BCUT2D eigenvalue weighted by atomic mass is 32.2. The number of carbonyl (C=O) groups is 1. The fraction of sp³-hybridized carbons (Fsp3) is 0.455. The Balaban J connectivity index is 2.14. The monoisotopic (exact) mass is 559 g/mol. The molecular formula is C22H23F6NO5S2. The van der Waals surface area contributed by atoms with E-state index < -0.39 is 69.3 Å². The number of ketones is 1. The molecule has 0 saturated heterocycles. The maximum absolute atomic E-state index is 13.0. The van der Waals surface area contributed by atoms with Crippen LogP contribution in [0, 0.1) is 0 Å². The van der Waals surface area contributed by atoms with Gasteiger partial charge in [0.25, 0.3) is 0 Å². The Hall–Kier alpha value is -2.48. The highest BCUT2D eigenvalue weighted by molar-refractivity contribution is 7.92. The number of alkyl halides is 6. The van der Waals surface area contributed by atoms with E-state index in [2.05, 4.69) is 4.98 Å². The van der Waals surface area contributed by atoms with Gasteiger partial charge in [0, 0.05) is 12.7 Å². The number of unbranched alkanes of at least 4 members (excludes halogenated alkanes) is 1. The predicted octanol–water partition coefficient (Wildman–Crippen LogP) is 5.52. The summed E-state index contributed by atoms with van der Waals surface area (Å²) in [4.78, 5) is 15.1. The van der Waals surface area contributed by atoms with E-state index in [9.17, 15) is 48.0 Å². The molecule has 0 aliphatic rings. The van der Waals surface area contributed by atoms with Crippen LogP contribution in [0.1, 0.15) is 61.1 Å². The van der Waals surface area contributed by atoms with E-state index in [-0.39, 0.29) is 25.7 Å². The van der Waals surface area contributed by atoms with Gasteiger partial charge in [-0.05, 0) is 57.0 Å². The largest absolute Gasteiger partial charge is 0.433 e. The Labute approximate surface area is 204 Å². The van der Waals surface area contributed by atoms with E-state index in [1.54, 1.807) is 0 Å². The molecule has 0 N–H and O–H groups in total. The molecule has 36 heavy (non-hydrogen) atoms. The molecule has 0 bridgehead atoms. The summed E-state index contributed by atoms with van der Waals surface area (Å²) in [5, 5.41) is -1.00. The third kappa shape index (κ3) is 6.84. The molecule has 1 aromatic heterocycles.